The lowest BCUT2D eigenvalue weighted by atomic mass is 9.90. The zero-order valence-corrected chi connectivity index (χ0v) is 18.4. The van der Waals surface area contributed by atoms with Gasteiger partial charge in [0.1, 0.15) is 17.6 Å². The van der Waals surface area contributed by atoms with Gasteiger partial charge < -0.3 is 9.47 Å². The Bertz CT molecular complexity index is 1090. The van der Waals surface area contributed by atoms with Gasteiger partial charge in [0.05, 0.1) is 6.61 Å². The number of rotatable bonds is 2. The number of fused-ring (bicyclic) bond motifs is 3. The number of hydrogen-bond donors (Lipinski definition) is 0. The molecule has 0 saturated carbocycles. The van der Waals surface area contributed by atoms with E-state index in [1.807, 2.05) is 23.5 Å². The number of ether oxygens (including phenoxy) is 2. The van der Waals surface area contributed by atoms with Gasteiger partial charge in [-0.15, -0.1) is 23.5 Å². The van der Waals surface area contributed by atoms with Crippen molar-refractivity contribution in [3.8, 4) is 11.5 Å². The van der Waals surface area contributed by atoms with Crippen LogP contribution in [-0.4, -0.2) is 18.1 Å². The molecule has 2 atom stereocenters. The SMILES string of the molecule is c1ccc2c(c1)OC(c1ccc3c(c1)SCC(c1ccc4c(c1)CCCO4)C3)CS2. The molecule has 2 nitrogen and oxygen atoms in total. The van der Waals surface area contributed by atoms with Crippen LogP contribution >= 0.6 is 23.5 Å². The fraction of sp³-hybridized carbons (Fsp3) is 0.308. The van der Waals surface area contributed by atoms with Crippen LogP contribution < -0.4 is 9.47 Å². The van der Waals surface area contributed by atoms with Gasteiger partial charge in [-0.25, -0.2) is 0 Å². The molecule has 0 amide bonds. The minimum Gasteiger partial charge on any atom is -0.493 e. The van der Waals surface area contributed by atoms with E-state index >= 15 is 0 Å². The Hall–Kier alpha value is -2.04. The maximum atomic E-state index is 6.31. The van der Waals surface area contributed by atoms with Crippen molar-refractivity contribution < 1.29 is 9.47 Å². The van der Waals surface area contributed by atoms with Crippen molar-refractivity contribution >= 4 is 23.5 Å². The highest BCUT2D eigenvalue weighted by molar-refractivity contribution is 7.99. The molecule has 0 aromatic heterocycles. The van der Waals surface area contributed by atoms with Gasteiger partial charge in [0.2, 0.25) is 0 Å². The molecule has 3 aliphatic rings. The van der Waals surface area contributed by atoms with Gasteiger partial charge in [0.25, 0.3) is 0 Å². The predicted octanol–water partition coefficient (Wildman–Crippen LogP) is 6.67. The molecule has 0 spiro atoms. The Balaban J connectivity index is 1.21. The Morgan fingerprint density at radius 1 is 0.767 bits per heavy atom. The summed E-state index contributed by atoms with van der Waals surface area (Å²) in [4.78, 5) is 2.68. The molecule has 0 saturated heterocycles. The highest BCUT2D eigenvalue weighted by atomic mass is 32.2. The van der Waals surface area contributed by atoms with Gasteiger partial charge in [0, 0.05) is 21.3 Å². The van der Waals surface area contributed by atoms with Crippen molar-refractivity contribution in [3.05, 3.63) is 82.9 Å². The standard InChI is InChI=1S/C26H24O2S2/c1-2-6-25-23(5-1)28-24(16-30-25)19-7-8-20-13-21(15-29-26(20)14-19)17-9-10-22-18(12-17)4-3-11-27-22/h1-2,5-10,12,14,21,24H,3-4,11,13,15-16H2. The Morgan fingerprint density at radius 3 is 2.67 bits per heavy atom. The summed E-state index contributed by atoms with van der Waals surface area (Å²) in [7, 11) is 0. The summed E-state index contributed by atoms with van der Waals surface area (Å²) in [5, 5.41) is 0. The molecule has 3 aromatic carbocycles. The van der Waals surface area contributed by atoms with E-state index in [-0.39, 0.29) is 6.10 Å². The molecule has 0 radical (unpaired) electrons. The van der Waals surface area contributed by atoms with E-state index in [0.717, 1.165) is 48.9 Å². The smallest absolute Gasteiger partial charge is 0.133 e. The third-order valence-corrected chi connectivity index (χ3v) is 8.66. The molecule has 0 fully saturated rings. The largest absolute Gasteiger partial charge is 0.493 e. The van der Waals surface area contributed by atoms with E-state index in [9.17, 15) is 0 Å². The average molecular weight is 433 g/mol. The fourth-order valence-corrected chi connectivity index (χ4v) is 6.89. The van der Waals surface area contributed by atoms with Crippen molar-refractivity contribution in [3.63, 3.8) is 0 Å². The van der Waals surface area contributed by atoms with Crippen molar-refractivity contribution in [2.75, 3.05) is 18.1 Å². The van der Waals surface area contributed by atoms with E-state index in [2.05, 4.69) is 60.7 Å². The van der Waals surface area contributed by atoms with Crippen LogP contribution in [0.25, 0.3) is 0 Å². The van der Waals surface area contributed by atoms with Crippen molar-refractivity contribution in [1.29, 1.82) is 0 Å². The molecule has 0 N–H and O–H groups in total. The van der Waals surface area contributed by atoms with Crippen LogP contribution in [0.1, 0.15) is 40.7 Å². The van der Waals surface area contributed by atoms with E-state index in [4.69, 9.17) is 9.47 Å². The second kappa shape index (κ2) is 7.90. The Morgan fingerprint density at radius 2 is 1.67 bits per heavy atom. The molecule has 152 valence electrons. The highest BCUT2D eigenvalue weighted by Crippen LogP contribution is 2.43. The molecule has 2 unspecified atom stereocenters. The quantitative estimate of drug-likeness (QED) is 0.450. The average Bonchev–Trinajstić information content (AvgIpc) is 2.83. The molecule has 0 aliphatic carbocycles. The number of thioether (sulfide) groups is 2. The van der Waals surface area contributed by atoms with E-state index in [0.29, 0.717) is 5.92 Å². The van der Waals surface area contributed by atoms with Crippen molar-refractivity contribution in [2.45, 2.75) is 41.1 Å². The Kier molecular flexibility index (Phi) is 4.93. The normalized spacial score (nSPS) is 22.1. The summed E-state index contributed by atoms with van der Waals surface area (Å²) in [5.41, 5.74) is 5.62. The van der Waals surface area contributed by atoms with Gasteiger partial charge in [-0.05, 0) is 71.7 Å². The van der Waals surface area contributed by atoms with E-state index in [1.54, 1.807) is 0 Å². The summed E-state index contributed by atoms with van der Waals surface area (Å²) in [6, 6.07) is 22.2. The van der Waals surface area contributed by atoms with Gasteiger partial charge in [-0.2, -0.15) is 0 Å². The molecule has 4 heteroatoms. The first kappa shape index (κ1) is 18.7. The number of aryl methyl sites for hydroxylation is 1. The van der Waals surface area contributed by atoms with Gasteiger partial charge in [-0.1, -0.05) is 36.4 Å². The lowest BCUT2D eigenvalue weighted by Crippen LogP contribution is -2.17. The monoisotopic (exact) mass is 432 g/mol. The highest BCUT2D eigenvalue weighted by Gasteiger charge is 2.26. The summed E-state index contributed by atoms with van der Waals surface area (Å²) in [5.74, 6) is 4.79. The molecule has 3 aromatic rings. The third-order valence-electron chi connectivity index (χ3n) is 6.28. The molecule has 3 aliphatic heterocycles. The summed E-state index contributed by atoms with van der Waals surface area (Å²) < 4.78 is 12.1. The second-order valence-electron chi connectivity index (χ2n) is 8.26. The number of hydrogen-bond acceptors (Lipinski definition) is 4. The lowest BCUT2D eigenvalue weighted by Gasteiger charge is -2.29. The first-order valence-corrected chi connectivity index (χ1v) is 12.7. The third kappa shape index (κ3) is 3.50. The van der Waals surface area contributed by atoms with Gasteiger partial charge in [0.15, 0.2) is 0 Å². The summed E-state index contributed by atoms with van der Waals surface area (Å²) in [6.45, 7) is 0.857. The molecule has 6 rings (SSSR count). The lowest BCUT2D eigenvalue weighted by molar-refractivity contribution is 0.220. The van der Waals surface area contributed by atoms with Crippen molar-refractivity contribution in [2.24, 2.45) is 0 Å². The van der Waals surface area contributed by atoms with Crippen LogP contribution in [0, 0.1) is 0 Å². The first-order valence-electron chi connectivity index (χ1n) is 10.7. The van der Waals surface area contributed by atoms with E-state index < -0.39 is 0 Å². The summed E-state index contributed by atoms with van der Waals surface area (Å²) in [6.07, 6.45) is 3.53. The van der Waals surface area contributed by atoms with Crippen LogP contribution in [0.5, 0.6) is 11.5 Å². The van der Waals surface area contributed by atoms with Crippen molar-refractivity contribution in [1.82, 2.24) is 0 Å². The molecular weight excluding hydrogens is 408 g/mol. The maximum absolute atomic E-state index is 6.31. The molecule has 3 heterocycles. The Labute approximate surface area is 186 Å². The number of benzene rings is 3. The minimum absolute atomic E-state index is 0.133. The fourth-order valence-electron chi connectivity index (χ4n) is 4.62. The van der Waals surface area contributed by atoms with Crippen LogP contribution in [0.15, 0.2) is 70.5 Å². The second-order valence-corrected chi connectivity index (χ2v) is 10.4. The maximum Gasteiger partial charge on any atom is 0.133 e. The topological polar surface area (TPSA) is 18.5 Å². The summed E-state index contributed by atoms with van der Waals surface area (Å²) >= 11 is 3.90. The van der Waals surface area contributed by atoms with Crippen LogP contribution in [0.4, 0.5) is 0 Å². The number of para-hydroxylation sites is 1. The zero-order valence-electron chi connectivity index (χ0n) is 16.8. The van der Waals surface area contributed by atoms with Crippen LogP contribution in [-0.2, 0) is 12.8 Å². The molecule has 30 heavy (non-hydrogen) atoms. The van der Waals surface area contributed by atoms with Gasteiger partial charge in [-0.3, -0.25) is 0 Å². The van der Waals surface area contributed by atoms with E-state index in [1.165, 1.54) is 32.0 Å². The first-order chi connectivity index (χ1) is 14.8. The minimum atomic E-state index is 0.133. The van der Waals surface area contributed by atoms with Crippen LogP contribution in [0.2, 0.25) is 0 Å². The van der Waals surface area contributed by atoms with Gasteiger partial charge >= 0.3 is 0 Å². The van der Waals surface area contributed by atoms with Crippen LogP contribution in [0.3, 0.4) is 0 Å². The predicted molar refractivity (Wildman–Crippen MR) is 124 cm³/mol. The molecule has 0 bridgehead atoms. The zero-order chi connectivity index (χ0) is 19.9. The molecular formula is C26H24O2S2.